The number of ether oxygens (including phenoxy) is 1. The SMILES string of the molecule is COc1ccccc1Cn1cccc(N)c1=O. The fourth-order valence-electron chi connectivity index (χ4n) is 1.70. The summed E-state index contributed by atoms with van der Waals surface area (Å²) in [5.41, 5.74) is 6.60. The predicted molar refractivity (Wildman–Crippen MR) is 67.2 cm³/mol. The van der Waals surface area contributed by atoms with Crippen molar-refractivity contribution in [2.24, 2.45) is 0 Å². The molecule has 17 heavy (non-hydrogen) atoms. The quantitative estimate of drug-likeness (QED) is 0.869. The highest BCUT2D eigenvalue weighted by Gasteiger charge is 2.04. The van der Waals surface area contributed by atoms with Gasteiger partial charge in [0.05, 0.1) is 19.3 Å². The number of nitrogens with zero attached hydrogens (tertiary/aromatic N) is 1. The topological polar surface area (TPSA) is 57.2 Å². The second kappa shape index (κ2) is 4.74. The molecule has 0 bridgehead atoms. The van der Waals surface area contributed by atoms with Crippen LogP contribution >= 0.6 is 0 Å². The molecular weight excluding hydrogens is 216 g/mol. The van der Waals surface area contributed by atoms with Gasteiger partial charge < -0.3 is 15.0 Å². The van der Waals surface area contributed by atoms with Gasteiger partial charge >= 0.3 is 0 Å². The minimum Gasteiger partial charge on any atom is -0.496 e. The zero-order valence-electron chi connectivity index (χ0n) is 9.59. The van der Waals surface area contributed by atoms with Crippen LogP contribution in [-0.2, 0) is 6.54 Å². The lowest BCUT2D eigenvalue weighted by Gasteiger charge is -2.10. The Morgan fingerprint density at radius 3 is 2.76 bits per heavy atom. The Bertz CT molecular complexity index is 576. The minimum atomic E-state index is -0.182. The normalized spacial score (nSPS) is 10.2. The summed E-state index contributed by atoms with van der Waals surface area (Å²) in [5.74, 6) is 0.766. The average Bonchev–Trinajstić information content (AvgIpc) is 2.35. The summed E-state index contributed by atoms with van der Waals surface area (Å²) < 4.78 is 6.80. The molecule has 0 aliphatic heterocycles. The van der Waals surface area contributed by atoms with Crippen molar-refractivity contribution in [3.05, 3.63) is 58.5 Å². The summed E-state index contributed by atoms with van der Waals surface area (Å²) in [6, 6.07) is 11.0. The van der Waals surface area contributed by atoms with Crippen LogP contribution in [-0.4, -0.2) is 11.7 Å². The Balaban J connectivity index is 2.38. The molecule has 0 spiro atoms. The number of nitrogens with two attached hydrogens (primary N) is 1. The average molecular weight is 230 g/mol. The zero-order chi connectivity index (χ0) is 12.3. The number of para-hydroxylation sites is 1. The van der Waals surface area contributed by atoms with Crippen LogP contribution in [0.5, 0.6) is 5.75 Å². The first-order valence-electron chi connectivity index (χ1n) is 5.29. The highest BCUT2D eigenvalue weighted by molar-refractivity contribution is 5.36. The number of rotatable bonds is 3. The lowest BCUT2D eigenvalue weighted by molar-refractivity contribution is 0.408. The molecule has 1 heterocycles. The molecular formula is C13H14N2O2. The van der Waals surface area contributed by atoms with Gasteiger partial charge in [-0.05, 0) is 18.2 Å². The van der Waals surface area contributed by atoms with Gasteiger partial charge in [-0.2, -0.15) is 0 Å². The van der Waals surface area contributed by atoms with Crippen molar-refractivity contribution in [1.82, 2.24) is 4.57 Å². The minimum absolute atomic E-state index is 0.182. The smallest absolute Gasteiger partial charge is 0.273 e. The van der Waals surface area contributed by atoms with E-state index in [0.29, 0.717) is 6.54 Å². The number of hydrogen-bond donors (Lipinski definition) is 1. The molecule has 0 fully saturated rings. The molecule has 0 aliphatic rings. The number of hydrogen-bond acceptors (Lipinski definition) is 3. The first kappa shape index (κ1) is 11.3. The van der Waals surface area contributed by atoms with E-state index in [9.17, 15) is 4.79 Å². The number of pyridine rings is 1. The summed E-state index contributed by atoms with van der Waals surface area (Å²) >= 11 is 0. The van der Waals surface area contributed by atoms with E-state index in [2.05, 4.69) is 0 Å². The standard InChI is InChI=1S/C13H14N2O2/c1-17-12-7-3-2-5-10(12)9-15-8-4-6-11(14)13(15)16/h2-8H,9,14H2,1H3. The van der Waals surface area contributed by atoms with Crippen LogP contribution in [0.3, 0.4) is 0 Å². The number of anilines is 1. The molecule has 2 aromatic rings. The number of aromatic nitrogens is 1. The molecule has 0 saturated carbocycles. The Morgan fingerprint density at radius 2 is 2.00 bits per heavy atom. The Hall–Kier alpha value is -2.23. The van der Waals surface area contributed by atoms with E-state index < -0.39 is 0 Å². The van der Waals surface area contributed by atoms with Gasteiger partial charge in [-0.15, -0.1) is 0 Å². The van der Waals surface area contributed by atoms with E-state index >= 15 is 0 Å². The van der Waals surface area contributed by atoms with Crippen molar-refractivity contribution >= 4 is 5.69 Å². The largest absolute Gasteiger partial charge is 0.496 e. The second-order valence-electron chi connectivity index (χ2n) is 3.71. The number of benzene rings is 1. The second-order valence-corrected chi connectivity index (χ2v) is 3.71. The fourth-order valence-corrected chi connectivity index (χ4v) is 1.70. The summed E-state index contributed by atoms with van der Waals surface area (Å²) in [4.78, 5) is 11.8. The molecule has 0 radical (unpaired) electrons. The van der Waals surface area contributed by atoms with E-state index in [1.807, 2.05) is 24.3 Å². The van der Waals surface area contributed by atoms with E-state index in [-0.39, 0.29) is 11.2 Å². The first-order valence-corrected chi connectivity index (χ1v) is 5.29. The van der Waals surface area contributed by atoms with Crippen molar-refractivity contribution in [3.63, 3.8) is 0 Å². The van der Waals surface area contributed by atoms with Gasteiger partial charge in [-0.3, -0.25) is 4.79 Å². The Morgan fingerprint density at radius 1 is 1.24 bits per heavy atom. The lowest BCUT2D eigenvalue weighted by Crippen LogP contribution is -2.22. The van der Waals surface area contributed by atoms with E-state index in [1.54, 1.807) is 30.0 Å². The van der Waals surface area contributed by atoms with Crippen molar-refractivity contribution in [1.29, 1.82) is 0 Å². The molecule has 0 atom stereocenters. The van der Waals surface area contributed by atoms with Gasteiger partial charge in [0, 0.05) is 11.8 Å². The highest BCUT2D eigenvalue weighted by Crippen LogP contribution is 2.17. The molecule has 4 heteroatoms. The first-order chi connectivity index (χ1) is 8.22. The van der Waals surface area contributed by atoms with Gasteiger partial charge in [0.1, 0.15) is 5.75 Å². The molecule has 4 nitrogen and oxygen atoms in total. The molecule has 1 aromatic carbocycles. The monoisotopic (exact) mass is 230 g/mol. The molecule has 0 unspecified atom stereocenters. The molecule has 88 valence electrons. The summed E-state index contributed by atoms with van der Waals surface area (Å²) in [5, 5.41) is 0. The number of nitrogen functional groups attached to an aromatic ring is 1. The van der Waals surface area contributed by atoms with Gasteiger partial charge in [0.2, 0.25) is 0 Å². The Labute approximate surface area is 99.3 Å². The third-order valence-corrected chi connectivity index (χ3v) is 2.58. The van der Waals surface area contributed by atoms with Gasteiger partial charge in [-0.1, -0.05) is 18.2 Å². The van der Waals surface area contributed by atoms with Crippen LogP contribution in [0.25, 0.3) is 0 Å². The van der Waals surface area contributed by atoms with Crippen molar-refractivity contribution in [3.8, 4) is 5.75 Å². The van der Waals surface area contributed by atoms with Crippen molar-refractivity contribution < 1.29 is 4.74 Å². The maximum absolute atomic E-state index is 11.8. The van der Waals surface area contributed by atoms with E-state index in [0.717, 1.165) is 11.3 Å². The lowest BCUT2D eigenvalue weighted by atomic mass is 10.2. The molecule has 0 amide bonds. The Kier molecular flexibility index (Phi) is 3.14. The maximum atomic E-state index is 11.8. The molecule has 0 aliphatic carbocycles. The number of methoxy groups -OCH3 is 1. The summed E-state index contributed by atoms with van der Waals surface area (Å²) in [6.45, 7) is 0.452. The van der Waals surface area contributed by atoms with Gasteiger partial charge in [0.15, 0.2) is 0 Å². The van der Waals surface area contributed by atoms with Crippen LogP contribution in [0.2, 0.25) is 0 Å². The van der Waals surface area contributed by atoms with Crippen LogP contribution in [0.1, 0.15) is 5.56 Å². The van der Waals surface area contributed by atoms with E-state index in [4.69, 9.17) is 10.5 Å². The summed E-state index contributed by atoms with van der Waals surface area (Å²) in [6.07, 6.45) is 1.71. The summed E-state index contributed by atoms with van der Waals surface area (Å²) in [7, 11) is 1.61. The van der Waals surface area contributed by atoms with Crippen molar-refractivity contribution in [2.45, 2.75) is 6.54 Å². The molecule has 2 rings (SSSR count). The molecule has 1 aromatic heterocycles. The highest BCUT2D eigenvalue weighted by atomic mass is 16.5. The van der Waals surface area contributed by atoms with Crippen LogP contribution < -0.4 is 16.0 Å². The molecule has 0 saturated heterocycles. The fraction of sp³-hybridized carbons (Fsp3) is 0.154. The predicted octanol–water partition coefficient (Wildman–Crippen LogP) is 1.49. The van der Waals surface area contributed by atoms with Crippen LogP contribution in [0, 0.1) is 0 Å². The molecule has 2 N–H and O–H groups in total. The van der Waals surface area contributed by atoms with Crippen LogP contribution in [0.15, 0.2) is 47.4 Å². The third kappa shape index (κ3) is 2.30. The maximum Gasteiger partial charge on any atom is 0.273 e. The van der Waals surface area contributed by atoms with Gasteiger partial charge in [-0.25, -0.2) is 0 Å². The van der Waals surface area contributed by atoms with E-state index in [1.165, 1.54) is 0 Å². The third-order valence-electron chi connectivity index (χ3n) is 2.58. The van der Waals surface area contributed by atoms with Crippen molar-refractivity contribution in [2.75, 3.05) is 12.8 Å². The van der Waals surface area contributed by atoms with Crippen LogP contribution in [0.4, 0.5) is 5.69 Å². The van der Waals surface area contributed by atoms with Gasteiger partial charge in [0.25, 0.3) is 5.56 Å². The zero-order valence-corrected chi connectivity index (χ0v) is 9.59.